The highest BCUT2D eigenvalue weighted by atomic mass is 31.2. The largest absolute Gasteiger partial charge is 0.538 e. The molecule has 19 heavy (non-hydrogen) atoms. The molecule has 0 atom stereocenters. The Morgan fingerprint density at radius 3 is 1.21 bits per heavy atom. The second-order valence-corrected chi connectivity index (χ2v) is 4.15. The van der Waals surface area contributed by atoms with E-state index in [-0.39, 0.29) is 17.3 Å². The third kappa shape index (κ3) is 3.02. The first-order valence-electron chi connectivity index (χ1n) is 4.71. The van der Waals surface area contributed by atoms with Crippen LogP contribution in [-0.2, 0) is 42.2 Å². The number of hydrogen-bond acceptors (Lipinski definition) is 9. The molecule has 9 nitrogen and oxygen atoms in total. The van der Waals surface area contributed by atoms with Crippen LogP contribution in [0.1, 0.15) is 0 Å². The maximum Gasteiger partial charge on any atom is 0.538 e. The van der Waals surface area contributed by atoms with Crippen molar-refractivity contribution in [2.45, 2.75) is 0 Å². The predicted molar refractivity (Wildman–Crippen MR) is 52.7 cm³/mol. The van der Waals surface area contributed by atoms with Crippen molar-refractivity contribution in [1.29, 1.82) is 0 Å². The minimum Gasteiger partial charge on any atom is -0.450 e. The van der Waals surface area contributed by atoms with E-state index in [4.69, 9.17) is 0 Å². The molecule has 3 aliphatic rings. The van der Waals surface area contributed by atoms with Crippen LogP contribution in [0.3, 0.4) is 0 Å². The summed E-state index contributed by atoms with van der Waals surface area (Å²) >= 11 is 0. The molecule has 3 rings (SSSR count). The Kier molecular flexibility index (Phi) is 2.60. The van der Waals surface area contributed by atoms with Gasteiger partial charge in [-0.15, -0.1) is 0 Å². The molecule has 0 spiro atoms. The normalized spacial score (nSPS) is 16.6. The van der Waals surface area contributed by atoms with E-state index in [1.54, 1.807) is 0 Å². The lowest BCUT2D eigenvalue weighted by molar-refractivity contribution is -0.139. The molecule has 0 aliphatic carbocycles. The summed E-state index contributed by atoms with van der Waals surface area (Å²) in [5.41, 5.74) is 0. The fourth-order valence-electron chi connectivity index (χ4n) is 0.771. The van der Waals surface area contributed by atoms with Gasteiger partial charge in [0.2, 0.25) is 17.3 Å². The fourth-order valence-corrected chi connectivity index (χ4v) is 1.56. The number of carbonyl (C=O) groups excluding carboxylic acids is 3. The Morgan fingerprint density at radius 2 is 1.00 bits per heavy atom. The summed E-state index contributed by atoms with van der Waals surface area (Å²) in [5, 5.41) is 0. The average Bonchev–Trinajstić information content (AvgIpc) is 3.27. The lowest BCUT2D eigenvalue weighted by atomic mass is 10.7. The molecule has 0 radical (unpaired) electrons. The van der Waals surface area contributed by atoms with Crippen molar-refractivity contribution in [1.82, 2.24) is 0 Å². The molecule has 3 aliphatic heterocycles. The first kappa shape index (κ1) is 11.5. The summed E-state index contributed by atoms with van der Waals surface area (Å²) in [6.45, 7) is 0. The highest BCUT2D eigenvalue weighted by Crippen LogP contribution is 2.44. The average molecular weight is 286 g/mol. The van der Waals surface area contributed by atoms with Crippen LogP contribution < -0.4 is 0 Å². The lowest BCUT2D eigenvalue weighted by Gasteiger charge is -2.11. The molecule has 0 aromatic carbocycles. The van der Waals surface area contributed by atoms with Gasteiger partial charge in [-0.25, -0.2) is 14.4 Å². The summed E-state index contributed by atoms with van der Waals surface area (Å²) < 4.78 is 27.4. The summed E-state index contributed by atoms with van der Waals surface area (Å²) in [5.74, 6) is -2.94. The maximum atomic E-state index is 11.3. The Balaban J connectivity index is 1.58. The Hall–Kier alpha value is -2.54. The monoisotopic (exact) mass is 286 g/mol. The van der Waals surface area contributed by atoms with Gasteiger partial charge in [0.1, 0.15) is 18.8 Å². The van der Waals surface area contributed by atoms with E-state index in [0.29, 0.717) is 0 Å². The smallest absolute Gasteiger partial charge is 0.450 e. The van der Waals surface area contributed by atoms with Crippen LogP contribution in [0.25, 0.3) is 0 Å². The summed E-state index contributed by atoms with van der Waals surface area (Å²) in [4.78, 5) is 33.8. The van der Waals surface area contributed by atoms with Crippen LogP contribution in [0.2, 0.25) is 0 Å². The Labute approximate surface area is 105 Å². The minimum atomic E-state index is -2.57. The topological polar surface area (TPSA) is 116 Å². The first-order valence-corrected chi connectivity index (χ1v) is 5.80. The van der Waals surface area contributed by atoms with E-state index < -0.39 is 26.5 Å². The molecule has 0 saturated carbocycles. The van der Waals surface area contributed by atoms with Crippen LogP contribution >= 0.6 is 8.60 Å². The number of rotatable bonds is 6. The van der Waals surface area contributed by atoms with Gasteiger partial charge < -0.3 is 27.8 Å². The van der Waals surface area contributed by atoms with E-state index in [1.165, 1.54) is 0 Å². The van der Waals surface area contributed by atoms with Gasteiger partial charge in [-0.05, 0) is 0 Å². The SMILES string of the molecule is O=C(OP(OC(=O)C1=CO1)OC(=O)C1=CO1)C1=CO1. The molecular weight excluding hydrogens is 283 g/mol. The molecule has 10 heteroatoms. The molecule has 0 saturated heterocycles. The molecule has 0 fully saturated rings. The molecule has 0 N–H and O–H groups in total. The van der Waals surface area contributed by atoms with E-state index in [1.807, 2.05) is 0 Å². The van der Waals surface area contributed by atoms with Gasteiger partial charge >= 0.3 is 26.5 Å². The van der Waals surface area contributed by atoms with Crippen molar-refractivity contribution in [2.75, 3.05) is 0 Å². The van der Waals surface area contributed by atoms with Crippen molar-refractivity contribution < 1.29 is 42.2 Å². The van der Waals surface area contributed by atoms with Gasteiger partial charge in [0.25, 0.3) is 0 Å². The van der Waals surface area contributed by atoms with Gasteiger partial charge in [-0.1, -0.05) is 0 Å². The highest BCUT2D eigenvalue weighted by molar-refractivity contribution is 7.43. The summed E-state index contributed by atoms with van der Waals surface area (Å²) in [6.07, 6.45) is 3.37. The van der Waals surface area contributed by atoms with Gasteiger partial charge in [-0.2, -0.15) is 0 Å². The van der Waals surface area contributed by atoms with Gasteiger partial charge in [-0.3, -0.25) is 0 Å². The van der Waals surface area contributed by atoms with Crippen molar-refractivity contribution in [3.05, 3.63) is 36.1 Å². The maximum absolute atomic E-state index is 11.3. The van der Waals surface area contributed by atoms with Crippen LogP contribution in [-0.4, -0.2) is 17.9 Å². The molecule has 0 aromatic rings. The molecule has 98 valence electrons. The zero-order chi connectivity index (χ0) is 13.4. The van der Waals surface area contributed by atoms with Crippen molar-refractivity contribution >= 4 is 26.5 Å². The van der Waals surface area contributed by atoms with Crippen LogP contribution in [0.15, 0.2) is 36.1 Å². The molecular formula is C9H3O9P. The van der Waals surface area contributed by atoms with E-state index in [2.05, 4.69) is 27.8 Å². The van der Waals surface area contributed by atoms with E-state index in [9.17, 15) is 14.4 Å². The quantitative estimate of drug-likeness (QED) is 0.641. The van der Waals surface area contributed by atoms with Gasteiger partial charge in [0, 0.05) is 0 Å². The standard InChI is InChI=1S/C9H3O9P/c10-7(4-1-13-4)16-19(17-8(11)5-2-14-5)18-9(12)6-3-15-6/h1-3H. The fraction of sp³-hybridized carbons (Fsp3) is 0. The molecule has 0 bridgehead atoms. The second-order valence-electron chi connectivity index (χ2n) is 3.16. The molecule has 3 heterocycles. The molecule has 0 aromatic heterocycles. The van der Waals surface area contributed by atoms with E-state index >= 15 is 0 Å². The number of ether oxygens (including phenoxy) is 3. The van der Waals surface area contributed by atoms with Crippen molar-refractivity contribution in [2.24, 2.45) is 0 Å². The van der Waals surface area contributed by atoms with Crippen LogP contribution in [0.4, 0.5) is 0 Å². The Morgan fingerprint density at radius 1 is 0.737 bits per heavy atom. The first-order chi connectivity index (χ1) is 9.13. The van der Waals surface area contributed by atoms with Crippen LogP contribution in [0, 0.1) is 0 Å². The third-order valence-corrected chi connectivity index (χ3v) is 2.73. The van der Waals surface area contributed by atoms with Crippen LogP contribution in [0.5, 0.6) is 0 Å². The van der Waals surface area contributed by atoms with Gasteiger partial charge in [0.05, 0.1) is 0 Å². The molecule has 0 amide bonds. The van der Waals surface area contributed by atoms with E-state index in [0.717, 1.165) is 18.8 Å². The third-order valence-electron chi connectivity index (χ3n) is 1.78. The van der Waals surface area contributed by atoms with Gasteiger partial charge in [0.15, 0.2) is 0 Å². The van der Waals surface area contributed by atoms with Crippen molar-refractivity contribution in [3.63, 3.8) is 0 Å². The molecule has 0 unspecified atom stereocenters. The predicted octanol–water partition coefficient (Wildman–Crippen LogP) is 0.458. The lowest BCUT2D eigenvalue weighted by Crippen LogP contribution is -2.10. The summed E-state index contributed by atoms with van der Waals surface area (Å²) in [6, 6.07) is 0. The minimum absolute atomic E-state index is 0.0663. The second kappa shape index (κ2) is 4.29. The zero-order valence-corrected chi connectivity index (χ0v) is 9.75. The Bertz CT molecular complexity index is 491. The highest BCUT2D eigenvalue weighted by Gasteiger charge is 2.37. The number of hydrogen-bond donors (Lipinski definition) is 0. The zero-order valence-electron chi connectivity index (χ0n) is 8.85. The number of carbonyl (C=O) groups is 3. The summed E-state index contributed by atoms with van der Waals surface area (Å²) in [7, 11) is -2.57. The van der Waals surface area contributed by atoms with Crippen molar-refractivity contribution in [3.8, 4) is 0 Å².